The van der Waals surface area contributed by atoms with Crippen LogP contribution in [0.25, 0.3) is 0 Å². The summed E-state index contributed by atoms with van der Waals surface area (Å²) in [6.07, 6.45) is 4.70. The quantitative estimate of drug-likeness (QED) is 0.872. The smallest absolute Gasteiger partial charge is 0.167 e. The van der Waals surface area contributed by atoms with Crippen LogP contribution in [-0.2, 0) is 4.74 Å². The van der Waals surface area contributed by atoms with Crippen molar-refractivity contribution in [2.75, 3.05) is 38.2 Å². The highest BCUT2D eigenvalue weighted by atomic mass is 35.5. The Kier molecular flexibility index (Phi) is 5.30. The summed E-state index contributed by atoms with van der Waals surface area (Å²) in [6.45, 7) is 7.32. The van der Waals surface area contributed by atoms with E-state index in [1.807, 2.05) is 6.92 Å². The highest BCUT2D eigenvalue weighted by Gasteiger charge is 2.41. The molecule has 1 saturated carbocycles. The largest absolute Gasteiger partial charge is 0.381 e. The molecule has 1 aromatic rings. The number of ether oxygens (including phenoxy) is 1. The number of hydrogen-bond acceptors (Lipinski definition) is 6. The van der Waals surface area contributed by atoms with Crippen molar-refractivity contribution in [3.63, 3.8) is 0 Å². The number of aromatic nitrogens is 2. The SMILES string of the molecule is Cc1c(Cl)nnc(N[C@@H]2C[C@@H]3CN(CC4CCOCC4)C[C@@H]3C2)c1C#N. The molecule has 1 aliphatic carbocycles. The van der Waals surface area contributed by atoms with E-state index >= 15 is 0 Å². The summed E-state index contributed by atoms with van der Waals surface area (Å²) in [5, 5.41) is 21.3. The Balaban J connectivity index is 1.32. The third kappa shape index (κ3) is 3.66. The first-order valence-corrected chi connectivity index (χ1v) is 10.0. The minimum atomic E-state index is 0.305. The van der Waals surface area contributed by atoms with Gasteiger partial charge in [-0.25, -0.2) is 0 Å². The Hall–Kier alpha value is -1.42. The number of nitriles is 1. The fourth-order valence-electron chi connectivity index (χ4n) is 4.89. The molecule has 0 unspecified atom stereocenters. The fraction of sp³-hybridized carbons (Fsp3) is 0.737. The third-order valence-corrected chi connectivity index (χ3v) is 6.65. The first-order valence-electron chi connectivity index (χ1n) is 9.63. The minimum Gasteiger partial charge on any atom is -0.381 e. The van der Waals surface area contributed by atoms with Gasteiger partial charge in [0.25, 0.3) is 0 Å². The van der Waals surface area contributed by atoms with Crippen molar-refractivity contribution in [3.05, 3.63) is 16.3 Å². The molecule has 4 rings (SSSR count). The molecule has 0 radical (unpaired) electrons. The van der Waals surface area contributed by atoms with E-state index in [4.69, 9.17) is 16.3 Å². The number of rotatable bonds is 4. The predicted molar refractivity (Wildman–Crippen MR) is 100 cm³/mol. The van der Waals surface area contributed by atoms with Crippen molar-refractivity contribution >= 4 is 17.4 Å². The maximum atomic E-state index is 9.42. The number of nitrogens with one attached hydrogen (secondary N) is 1. The van der Waals surface area contributed by atoms with Gasteiger partial charge in [0.15, 0.2) is 11.0 Å². The van der Waals surface area contributed by atoms with Gasteiger partial charge in [-0.1, -0.05) is 11.6 Å². The Morgan fingerprint density at radius 1 is 1.23 bits per heavy atom. The summed E-state index contributed by atoms with van der Waals surface area (Å²) < 4.78 is 5.48. The Morgan fingerprint density at radius 2 is 1.92 bits per heavy atom. The number of fused-ring (bicyclic) bond motifs is 1. The lowest BCUT2D eigenvalue weighted by Crippen LogP contribution is -2.32. The van der Waals surface area contributed by atoms with Crippen molar-refractivity contribution in [2.24, 2.45) is 17.8 Å². The molecular formula is C19H26ClN5O. The maximum absolute atomic E-state index is 9.42. The highest BCUT2D eigenvalue weighted by Crippen LogP contribution is 2.40. The van der Waals surface area contributed by atoms with Crippen molar-refractivity contribution in [3.8, 4) is 6.07 Å². The van der Waals surface area contributed by atoms with E-state index in [0.717, 1.165) is 43.8 Å². The molecule has 140 valence electrons. The summed E-state index contributed by atoms with van der Waals surface area (Å²) in [7, 11) is 0. The van der Waals surface area contributed by atoms with Crippen LogP contribution in [0.2, 0.25) is 5.15 Å². The zero-order chi connectivity index (χ0) is 18.1. The molecule has 0 spiro atoms. The molecule has 1 aromatic heterocycles. The van der Waals surface area contributed by atoms with Crippen molar-refractivity contribution in [1.82, 2.24) is 15.1 Å². The molecule has 3 aliphatic rings. The average Bonchev–Trinajstić information content (AvgIpc) is 3.17. The first kappa shape index (κ1) is 18.0. The van der Waals surface area contributed by atoms with Crippen LogP contribution in [0.4, 0.5) is 5.82 Å². The van der Waals surface area contributed by atoms with Crippen LogP contribution in [0, 0.1) is 36.0 Å². The van der Waals surface area contributed by atoms with E-state index in [1.165, 1.54) is 32.5 Å². The van der Waals surface area contributed by atoms with Crippen LogP contribution >= 0.6 is 11.6 Å². The normalized spacial score (nSPS) is 29.5. The third-order valence-electron chi connectivity index (χ3n) is 6.30. The van der Waals surface area contributed by atoms with E-state index in [9.17, 15) is 5.26 Å². The molecule has 2 saturated heterocycles. The predicted octanol–water partition coefficient (Wildman–Crippen LogP) is 2.86. The van der Waals surface area contributed by atoms with Gasteiger partial charge in [0, 0.05) is 44.5 Å². The second-order valence-electron chi connectivity index (χ2n) is 8.06. The molecular weight excluding hydrogens is 350 g/mol. The molecule has 0 amide bonds. The number of hydrogen-bond donors (Lipinski definition) is 1. The second-order valence-corrected chi connectivity index (χ2v) is 8.42. The van der Waals surface area contributed by atoms with Crippen LogP contribution in [-0.4, -0.2) is 54.0 Å². The monoisotopic (exact) mass is 375 g/mol. The van der Waals surface area contributed by atoms with Crippen LogP contribution < -0.4 is 5.32 Å². The molecule has 3 atom stereocenters. The Labute approximate surface area is 159 Å². The van der Waals surface area contributed by atoms with Crippen LogP contribution in [0.5, 0.6) is 0 Å². The van der Waals surface area contributed by atoms with E-state index in [-0.39, 0.29) is 0 Å². The zero-order valence-corrected chi connectivity index (χ0v) is 16.0. The van der Waals surface area contributed by atoms with Crippen LogP contribution in [0.3, 0.4) is 0 Å². The molecule has 0 bridgehead atoms. The van der Waals surface area contributed by atoms with Gasteiger partial charge in [0.2, 0.25) is 0 Å². The van der Waals surface area contributed by atoms with Gasteiger partial charge in [0.05, 0.1) is 0 Å². The van der Waals surface area contributed by atoms with Gasteiger partial charge >= 0.3 is 0 Å². The molecule has 2 aliphatic heterocycles. The molecule has 0 aromatic carbocycles. The van der Waals surface area contributed by atoms with E-state index in [0.29, 0.717) is 28.1 Å². The average molecular weight is 376 g/mol. The summed E-state index contributed by atoms with van der Waals surface area (Å²) in [5.74, 6) is 2.89. The highest BCUT2D eigenvalue weighted by molar-refractivity contribution is 6.30. The van der Waals surface area contributed by atoms with Crippen molar-refractivity contribution < 1.29 is 4.74 Å². The molecule has 7 heteroatoms. The second kappa shape index (κ2) is 7.67. The van der Waals surface area contributed by atoms with Gasteiger partial charge in [-0.3, -0.25) is 0 Å². The van der Waals surface area contributed by atoms with Crippen molar-refractivity contribution in [2.45, 2.75) is 38.6 Å². The summed E-state index contributed by atoms with van der Waals surface area (Å²) in [5.41, 5.74) is 1.22. The molecule has 6 nitrogen and oxygen atoms in total. The maximum Gasteiger partial charge on any atom is 0.167 e. The lowest BCUT2D eigenvalue weighted by Gasteiger charge is -2.27. The zero-order valence-electron chi connectivity index (χ0n) is 15.2. The first-order chi connectivity index (χ1) is 12.6. The number of halogens is 1. The van der Waals surface area contributed by atoms with Crippen LogP contribution in [0.15, 0.2) is 0 Å². The fourth-order valence-corrected chi connectivity index (χ4v) is 5.02. The standard InChI is InChI=1S/C19H26ClN5O/c1-12-17(8-21)19(24-23-18(12)20)22-16-6-14-10-25(11-15(14)7-16)9-13-2-4-26-5-3-13/h13-16H,2-7,9-11H2,1H3,(H,22,24)/t14-,15+,16-. The number of anilines is 1. The van der Waals surface area contributed by atoms with E-state index in [1.54, 1.807) is 0 Å². The topological polar surface area (TPSA) is 74.1 Å². The van der Waals surface area contributed by atoms with E-state index < -0.39 is 0 Å². The van der Waals surface area contributed by atoms with E-state index in [2.05, 4.69) is 26.5 Å². The van der Waals surface area contributed by atoms with Gasteiger partial charge in [-0.05, 0) is 50.4 Å². The molecule has 3 heterocycles. The van der Waals surface area contributed by atoms with Gasteiger partial charge < -0.3 is 15.0 Å². The van der Waals surface area contributed by atoms with Gasteiger partial charge in [-0.15, -0.1) is 10.2 Å². The van der Waals surface area contributed by atoms with Crippen LogP contribution in [0.1, 0.15) is 36.8 Å². The minimum absolute atomic E-state index is 0.305. The summed E-state index contributed by atoms with van der Waals surface area (Å²) >= 11 is 5.99. The Bertz CT molecular complexity index is 686. The lowest BCUT2D eigenvalue weighted by molar-refractivity contribution is 0.0545. The summed E-state index contributed by atoms with van der Waals surface area (Å²) in [6, 6.07) is 2.59. The molecule has 3 fully saturated rings. The number of likely N-dealkylation sites (tertiary alicyclic amines) is 1. The summed E-state index contributed by atoms with van der Waals surface area (Å²) in [4.78, 5) is 2.66. The van der Waals surface area contributed by atoms with Crippen molar-refractivity contribution in [1.29, 1.82) is 5.26 Å². The van der Waals surface area contributed by atoms with Gasteiger partial charge in [-0.2, -0.15) is 5.26 Å². The molecule has 1 N–H and O–H groups in total. The lowest BCUT2D eigenvalue weighted by atomic mass is 10.00. The number of nitrogens with zero attached hydrogens (tertiary/aromatic N) is 4. The van der Waals surface area contributed by atoms with Gasteiger partial charge in [0.1, 0.15) is 11.6 Å². The Morgan fingerprint density at radius 3 is 2.58 bits per heavy atom. The molecule has 26 heavy (non-hydrogen) atoms.